The van der Waals surface area contributed by atoms with E-state index in [1.165, 1.54) is 0 Å². The molecule has 1 saturated heterocycles. The number of likely N-dealkylation sites (N-methyl/N-ethyl adjacent to an activating group) is 1. The summed E-state index contributed by atoms with van der Waals surface area (Å²) in [5, 5.41) is 0. The summed E-state index contributed by atoms with van der Waals surface area (Å²) in [7, 11) is 4.20. The first-order chi connectivity index (χ1) is 6.61. The molecule has 0 aromatic heterocycles. The highest BCUT2D eigenvalue weighted by atomic mass is 35.5. The van der Waals surface area contributed by atoms with Crippen molar-refractivity contribution in [3.05, 3.63) is 0 Å². The molecular weight excluding hydrogens is 200 g/mol. The molecule has 1 fully saturated rings. The van der Waals surface area contributed by atoms with Crippen LogP contribution < -0.4 is 0 Å². The molecule has 0 aromatic carbocycles. The van der Waals surface area contributed by atoms with Crippen molar-refractivity contribution < 1.29 is 4.74 Å². The Labute approximate surface area is 92.0 Å². The van der Waals surface area contributed by atoms with Gasteiger partial charge in [-0.2, -0.15) is 0 Å². The zero-order chi connectivity index (χ0) is 10.6. The third-order valence-electron chi connectivity index (χ3n) is 2.44. The smallest absolute Gasteiger partial charge is 0.0841 e. The topological polar surface area (TPSA) is 15.7 Å². The fourth-order valence-corrected chi connectivity index (χ4v) is 1.92. The zero-order valence-corrected chi connectivity index (χ0v) is 10.1. The predicted octanol–water partition coefficient (Wildman–Crippen LogP) is 0.876. The van der Waals surface area contributed by atoms with Crippen LogP contribution in [0.1, 0.15) is 6.92 Å². The Kier molecular flexibility index (Phi) is 5.17. The summed E-state index contributed by atoms with van der Waals surface area (Å²) in [4.78, 5) is 4.64. The summed E-state index contributed by atoms with van der Waals surface area (Å²) in [6.07, 6.45) is 0.525. The first kappa shape index (κ1) is 12.2. The lowest BCUT2D eigenvalue weighted by Crippen LogP contribution is -2.49. The number of hydrogen-bond donors (Lipinski definition) is 0. The molecule has 2 unspecified atom stereocenters. The minimum absolute atomic E-state index is 0.211. The predicted molar refractivity (Wildman–Crippen MR) is 60.0 cm³/mol. The van der Waals surface area contributed by atoms with Crippen molar-refractivity contribution in [2.45, 2.75) is 19.1 Å². The molecule has 0 aromatic rings. The van der Waals surface area contributed by atoms with E-state index < -0.39 is 0 Å². The van der Waals surface area contributed by atoms with Crippen molar-refractivity contribution in [3.8, 4) is 0 Å². The Morgan fingerprint density at radius 2 is 2.14 bits per heavy atom. The summed E-state index contributed by atoms with van der Waals surface area (Å²) >= 11 is 5.81. The molecular formula is C10H21ClN2O. The van der Waals surface area contributed by atoms with Gasteiger partial charge in [0, 0.05) is 32.1 Å². The van der Waals surface area contributed by atoms with Crippen molar-refractivity contribution in [1.82, 2.24) is 9.80 Å². The van der Waals surface area contributed by atoms with Gasteiger partial charge in [0.1, 0.15) is 0 Å². The first-order valence-electron chi connectivity index (χ1n) is 5.20. The number of hydrogen-bond acceptors (Lipinski definition) is 3. The van der Waals surface area contributed by atoms with E-state index in [9.17, 15) is 0 Å². The van der Waals surface area contributed by atoms with E-state index >= 15 is 0 Å². The number of halogens is 1. The fraction of sp³-hybridized carbons (Fsp3) is 1.00. The van der Waals surface area contributed by atoms with Crippen LogP contribution in [0.3, 0.4) is 0 Å². The molecule has 0 aliphatic carbocycles. The molecule has 0 saturated carbocycles. The van der Waals surface area contributed by atoms with E-state index in [4.69, 9.17) is 16.3 Å². The van der Waals surface area contributed by atoms with Gasteiger partial charge in [0.2, 0.25) is 0 Å². The highest BCUT2D eigenvalue weighted by Crippen LogP contribution is 2.11. The Bertz CT molecular complexity index is 166. The van der Waals surface area contributed by atoms with Gasteiger partial charge in [-0.15, -0.1) is 11.6 Å². The number of rotatable bonds is 4. The van der Waals surface area contributed by atoms with Crippen LogP contribution in [0.25, 0.3) is 0 Å². The number of morpholine rings is 1. The molecule has 1 aliphatic heterocycles. The van der Waals surface area contributed by atoms with E-state index in [0.717, 1.165) is 26.2 Å². The lowest BCUT2D eigenvalue weighted by Gasteiger charge is -2.36. The van der Waals surface area contributed by atoms with Crippen LogP contribution in [0, 0.1) is 0 Å². The monoisotopic (exact) mass is 220 g/mol. The van der Waals surface area contributed by atoms with Gasteiger partial charge >= 0.3 is 0 Å². The molecule has 1 heterocycles. The van der Waals surface area contributed by atoms with Crippen molar-refractivity contribution >= 4 is 11.6 Å². The fourth-order valence-electron chi connectivity index (χ4n) is 1.75. The van der Waals surface area contributed by atoms with Crippen LogP contribution >= 0.6 is 11.6 Å². The molecule has 1 aliphatic rings. The standard InChI is InChI=1S/C10H21ClN2O/c1-9-7-13(5-4-12(2)3)8-10(6-11)14-9/h9-10H,4-8H2,1-3H3. The van der Waals surface area contributed by atoms with Crippen molar-refractivity contribution in [2.24, 2.45) is 0 Å². The summed E-state index contributed by atoms with van der Waals surface area (Å²) in [5.41, 5.74) is 0. The van der Waals surface area contributed by atoms with Crippen LogP contribution in [0.5, 0.6) is 0 Å². The first-order valence-corrected chi connectivity index (χ1v) is 5.73. The second-order valence-electron chi connectivity index (χ2n) is 4.29. The van der Waals surface area contributed by atoms with Gasteiger partial charge in [0.15, 0.2) is 0 Å². The maximum Gasteiger partial charge on any atom is 0.0841 e. The minimum Gasteiger partial charge on any atom is -0.371 e. The Hall–Kier alpha value is 0.170. The molecule has 4 heteroatoms. The number of nitrogens with zero attached hydrogens (tertiary/aromatic N) is 2. The van der Waals surface area contributed by atoms with Gasteiger partial charge in [0.05, 0.1) is 12.2 Å². The maximum atomic E-state index is 5.81. The van der Waals surface area contributed by atoms with Gasteiger partial charge in [-0.3, -0.25) is 4.90 Å². The quantitative estimate of drug-likeness (QED) is 0.655. The lowest BCUT2D eigenvalue weighted by molar-refractivity contribution is -0.0671. The van der Waals surface area contributed by atoms with E-state index in [1.807, 2.05) is 0 Å². The second-order valence-corrected chi connectivity index (χ2v) is 4.59. The average Bonchev–Trinajstić information content (AvgIpc) is 2.14. The van der Waals surface area contributed by atoms with Crippen molar-refractivity contribution in [2.75, 3.05) is 46.2 Å². The summed E-state index contributed by atoms with van der Waals surface area (Å²) in [6, 6.07) is 0. The van der Waals surface area contributed by atoms with Gasteiger partial charge in [-0.25, -0.2) is 0 Å². The Morgan fingerprint density at radius 1 is 1.43 bits per heavy atom. The summed E-state index contributed by atoms with van der Waals surface area (Å²) in [6.45, 7) is 6.32. The van der Waals surface area contributed by atoms with Crippen LogP contribution in [-0.2, 0) is 4.74 Å². The molecule has 3 nitrogen and oxygen atoms in total. The highest BCUT2D eigenvalue weighted by molar-refractivity contribution is 6.18. The number of alkyl halides is 1. The average molecular weight is 221 g/mol. The molecule has 84 valence electrons. The van der Waals surface area contributed by atoms with Crippen LogP contribution in [0.15, 0.2) is 0 Å². The lowest BCUT2D eigenvalue weighted by atomic mass is 10.2. The SMILES string of the molecule is CC1CN(CCN(C)C)CC(CCl)O1. The molecule has 0 N–H and O–H groups in total. The van der Waals surface area contributed by atoms with Gasteiger partial charge in [0.25, 0.3) is 0 Å². The minimum atomic E-state index is 0.211. The van der Waals surface area contributed by atoms with Gasteiger partial charge in [-0.1, -0.05) is 0 Å². The molecule has 0 bridgehead atoms. The maximum absolute atomic E-state index is 5.81. The summed E-state index contributed by atoms with van der Waals surface area (Å²) < 4.78 is 5.69. The molecule has 0 spiro atoms. The van der Waals surface area contributed by atoms with Gasteiger partial charge in [-0.05, 0) is 21.0 Å². The third kappa shape index (κ3) is 4.13. The normalized spacial score (nSPS) is 29.8. The Balaban J connectivity index is 2.30. The molecule has 14 heavy (non-hydrogen) atoms. The second kappa shape index (κ2) is 5.91. The van der Waals surface area contributed by atoms with E-state index in [-0.39, 0.29) is 6.10 Å². The van der Waals surface area contributed by atoms with Gasteiger partial charge < -0.3 is 9.64 Å². The number of ether oxygens (including phenoxy) is 1. The van der Waals surface area contributed by atoms with Crippen LogP contribution in [-0.4, -0.2) is 68.2 Å². The largest absolute Gasteiger partial charge is 0.371 e. The van der Waals surface area contributed by atoms with Crippen molar-refractivity contribution in [3.63, 3.8) is 0 Å². The van der Waals surface area contributed by atoms with Crippen LogP contribution in [0.2, 0.25) is 0 Å². The zero-order valence-electron chi connectivity index (χ0n) is 9.37. The molecule has 2 atom stereocenters. The Morgan fingerprint density at radius 3 is 2.71 bits per heavy atom. The van der Waals surface area contributed by atoms with E-state index in [1.54, 1.807) is 0 Å². The highest BCUT2D eigenvalue weighted by Gasteiger charge is 2.23. The molecule has 0 radical (unpaired) electrons. The third-order valence-corrected chi connectivity index (χ3v) is 2.78. The van der Waals surface area contributed by atoms with E-state index in [0.29, 0.717) is 12.0 Å². The molecule has 0 amide bonds. The molecule has 1 rings (SSSR count). The van der Waals surface area contributed by atoms with Crippen molar-refractivity contribution in [1.29, 1.82) is 0 Å². The van der Waals surface area contributed by atoms with E-state index in [2.05, 4.69) is 30.8 Å². The van der Waals surface area contributed by atoms with Crippen LogP contribution in [0.4, 0.5) is 0 Å². The summed E-state index contributed by atoms with van der Waals surface area (Å²) in [5.74, 6) is 0.600.